The van der Waals surface area contributed by atoms with Crippen molar-refractivity contribution in [3.63, 3.8) is 0 Å². The summed E-state index contributed by atoms with van der Waals surface area (Å²) in [6.45, 7) is 6.89. The summed E-state index contributed by atoms with van der Waals surface area (Å²) in [7, 11) is 3.82. The molecule has 3 rings (SSSR count). The zero-order valence-electron chi connectivity index (χ0n) is 14.6. The van der Waals surface area contributed by atoms with Gasteiger partial charge in [-0.05, 0) is 18.4 Å². The van der Waals surface area contributed by atoms with Crippen LogP contribution in [-0.4, -0.2) is 84.6 Å². The SMILES string of the molecule is CN=C(NCCc1cnn(C)c1)N1CCC(N2CCOCC2)C1.I. The van der Waals surface area contributed by atoms with Crippen molar-refractivity contribution in [2.24, 2.45) is 12.0 Å². The summed E-state index contributed by atoms with van der Waals surface area (Å²) in [6.07, 6.45) is 6.17. The zero-order chi connectivity index (χ0) is 16.1. The van der Waals surface area contributed by atoms with Crippen molar-refractivity contribution in [3.05, 3.63) is 18.0 Å². The first kappa shape index (κ1) is 19.5. The number of hydrogen-bond donors (Lipinski definition) is 1. The quantitative estimate of drug-likeness (QED) is 0.415. The van der Waals surface area contributed by atoms with E-state index in [1.54, 1.807) is 0 Å². The fourth-order valence-electron chi connectivity index (χ4n) is 3.43. The molecule has 2 saturated heterocycles. The fourth-order valence-corrected chi connectivity index (χ4v) is 3.43. The van der Waals surface area contributed by atoms with E-state index in [2.05, 4.69) is 31.4 Å². The fraction of sp³-hybridized carbons (Fsp3) is 0.750. The molecule has 3 heterocycles. The van der Waals surface area contributed by atoms with E-state index in [9.17, 15) is 0 Å². The third-order valence-corrected chi connectivity index (χ3v) is 4.69. The molecule has 7 nitrogen and oxygen atoms in total. The van der Waals surface area contributed by atoms with Crippen molar-refractivity contribution >= 4 is 29.9 Å². The van der Waals surface area contributed by atoms with E-state index in [0.717, 1.165) is 58.3 Å². The number of rotatable bonds is 4. The predicted octanol–water partition coefficient (Wildman–Crippen LogP) is 0.562. The number of aliphatic imine (C=N–C) groups is 1. The Morgan fingerprint density at radius 2 is 2.17 bits per heavy atom. The molecule has 136 valence electrons. The highest BCUT2D eigenvalue weighted by atomic mass is 127. The van der Waals surface area contributed by atoms with Crippen molar-refractivity contribution in [1.82, 2.24) is 24.9 Å². The Balaban J connectivity index is 0.00000208. The summed E-state index contributed by atoms with van der Waals surface area (Å²) in [5, 5.41) is 7.69. The van der Waals surface area contributed by atoms with E-state index in [1.807, 2.05) is 25.0 Å². The van der Waals surface area contributed by atoms with Crippen LogP contribution in [0.1, 0.15) is 12.0 Å². The molecule has 2 aliphatic rings. The lowest BCUT2D eigenvalue weighted by atomic mass is 10.2. The molecular weight excluding hydrogens is 419 g/mol. The van der Waals surface area contributed by atoms with Gasteiger partial charge in [0.15, 0.2) is 5.96 Å². The molecule has 0 aliphatic carbocycles. The van der Waals surface area contributed by atoms with Gasteiger partial charge in [-0.15, -0.1) is 24.0 Å². The summed E-state index contributed by atoms with van der Waals surface area (Å²) in [5.74, 6) is 1.02. The van der Waals surface area contributed by atoms with Gasteiger partial charge >= 0.3 is 0 Å². The number of morpholine rings is 1. The molecule has 1 N–H and O–H groups in total. The lowest BCUT2D eigenvalue weighted by Gasteiger charge is -2.32. The molecule has 2 aliphatic heterocycles. The molecule has 0 aromatic carbocycles. The van der Waals surface area contributed by atoms with Crippen LogP contribution in [0.2, 0.25) is 0 Å². The summed E-state index contributed by atoms with van der Waals surface area (Å²) >= 11 is 0. The van der Waals surface area contributed by atoms with Gasteiger partial charge in [0.1, 0.15) is 0 Å². The number of aromatic nitrogens is 2. The first-order valence-electron chi connectivity index (χ1n) is 8.51. The van der Waals surface area contributed by atoms with Crippen LogP contribution < -0.4 is 5.32 Å². The Morgan fingerprint density at radius 3 is 2.83 bits per heavy atom. The minimum Gasteiger partial charge on any atom is -0.379 e. The molecule has 0 saturated carbocycles. The highest BCUT2D eigenvalue weighted by Crippen LogP contribution is 2.17. The third-order valence-electron chi connectivity index (χ3n) is 4.69. The maximum absolute atomic E-state index is 5.45. The van der Waals surface area contributed by atoms with Crippen LogP contribution in [0, 0.1) is 0 Å². The Hall–Kier alpha value is -0.870. The molecule has 24 heavy (non-hydrogen) atoms. The molecule has 0 amide bonds. The summed E-state index contributed by atoms with van der Waals surface area (Å²) in [4.78, 5) is 9.39. The largest absolute Gasteiger partial charge is 0.379 e. The van der Waals surface area contributed by atoms with Crippen LogP contribution in [0.5, 0.6) is 0 Å². The average Bonchev–Trinajstić information content (AvgIpc) is 3.22. The normalized spacial score (nSPS) is 22.5. The van der Waals surface area contributed by atoms with Crippen LogP contribution in [0.3, 0.4) is 0 Å². The standard InChI is InChI=1S/C16H28N6O.HI/c1-17-16(18-5-3-14-11-19-20(2)12-14)22-6-4-15(13-22)21-7-9-23-10-8-21;/h11-12,15H,3-10,13H2,1-2H3,(H,17,18);1H. The van der Waals surface area contributed by atoms with E-state index in [4.69, 9.17) is 4.74 Å². The van der Waals surface area contributed by atoms with Crippen molar-refractivity contribution in [3.8, 4) is 0 Å². The number of aryl methyl sites for hydroxylation is 1. The summed E-state index contributed by atoms with van der Waals surface area (Å²) in [6, 6.07) is 0.635. The van der Waals surface area contributed by atoms with Crippen molar-refractivity contribution in [1.29, 1.82) is 0 Å². The topological polar surface area (TPSA) is 57.9 Å². The molecule has 0 bridgehead atoms. The van der Waals surface area contributed by atoms with Gasteiger partial charge in [-0.3, -0.25) is 14.6 Å². The Bertz CT molecular complexity index is 528. The van der Waals surface area contributed by atoms with E-state index in [-0.39, 0.29) is 24.0 Å². The first-order chi connectivity index (χ1) is 11.3. The predicted molar refractivity (Wildman–Crippen MR) is 106 cm³/mol. The van der Waals surface area contributed by atoms with E-state index in [0.29, 0.717) is 6.04 Å². The van der Waals surface area contributed by atoms with Gasteiger partial charge in [-0.25, -0.2) is 0 Å². The molecule has 1 unspecified atom stereocenters. The van der Waals surface area contributed by atoms with E-state index < -0.39 is 0 Å². The van der Waals surface area contributed by atoms with Gasteiger partial charge in [-0.2, -0.15) is 5.10 Å². The molecule has 1 aromatic rings. The van der Waals surface area contributed by atoms with Crippen LogP contribution in [0.4, 0.5) is 0 Å². The number of nitrogens with zero attached hydrogens (tertiary/aromatic N) is 5. The number of nitrogens with one attached hydrogen (secondary N) is 1. The van der Waals surface area contributed by atoms with Crippen molar-refractivity contribution < 1.29 is 4.74 Å². The van der Waals surface area contributed by atoms with Gasteiger partial charge in [0, 0.05) is 59.1 Å². The maximum Gasteiger partial charge on any atom is 0.193 e. The zero-order valence-corrected chi connectivity index (χ0v) is 17.0. The number of ether oxygens (including phenoxy) is 1. The molecule has 1 aromatic heterocycles. The second kappa shape index (κ2) is 9.57. The number of likely N-dealkylation sites (tertiary alicyclic amines) is 1. The average molecular weight is 448 g/mol. The Labute approximate surface area is 161 Å². The summed E-state index contributed by atoms with van der Waals surface area (Å²) in [5.41, 5.74) is 1.25. The van der Waals surface area contributed by atoms with Crippen molar-refractivity contribution in [2.75, 3.05) is 53.0 Å². The third kappa shape index (κ3) is 5.06. The number of hydrogen-bond acceptors (Lipinski definition) is 4. The maximum atomic E-state index is 5.45. The summed E-state index contributed by atoms with van der Waals surface area (Å²) < 4.78 is 7.30. The van der Waals surface area contributed by atoms with Crippen LogP contribution in [0.25, 0.3) is 0 Å². The Kier molecular flexibility index (Phi) is 7.76. The van der Waals surface area contributed by atoms with Crippen LogP contribution in [0.15, 0.2) is 17.4 Å². The van der Waals surface area contributed by atoms with Crippen molar-refractivity contribution in [2.45, 2.75) is 18.9 Å². The highest BCUT2D eigenvalue weighted by Gasteiger charge is 2.30. The highest BCUT2D eigenvalue weighted by molar-refractivity contribution is 14.0. The monoisotopic (exact) mass is 448 g/mol. The minimum atomic E-state index is 0. The van der Waals surface area contributed by atoms with Crippen LogP contribution >= 0.6 is 24.0 Å². The minimum absolute atomic E-state index is 0. The van der Waals surface area contributed by atoms with Crippen LogP contribution in [-0.2, 0) is 18.2 Å². The smallest absolute Gasteiger partial charge is 0.193 e. The number of halogens is 1. The second-order valence-electron chi connectivity index (χ2n) is 6.28. The lowest BCUT2D eigenvalue weighted by Crippen LogP contribution is -2.46. The molecule has 1 atom stereocenters. The molecule has 0 radical (unpaired) electrons. The molecule has 0 spiro atoms. The first-order valence-corrected chi connectivity index (χ1v) is 8.51. The molecular formula is C16H29IN6O. The lowest BCUT2D eigenvalue weighted by molar-refractivity contribution is 0.0195. The van der Waals surface area contributed by atoms with Gasteiger partial charge < -0.3 is 15.0 Å². The van der Waals surface area contributed by atoms with Gasteiger partial charge in [0.05, 0.1) is 19.4 Å². The molecule has 8 heteroatoms. The molecule has 2 fully saturated rings. The van der Waals surface area contributed by atoms with Gasteiger partial charge in [-0.1, -0.05) is 0 Å². The van der Waals surface area contributed by atoms with E-state index >= 15 is 0 Å². The second-order valence-corrected chi connectivity index (χ2v) is 6.28. The van der Waals surface area contributed by atoms with E-state index in [1.165, 1.54) is 12.0 Å². The van der Waals surface area contributed by atoms with Gasteiger partial charge in [0.25, 0.3) is 0 Å². The van der Waals surface area contributed by atoms with Gasteiger partial charge in [0.2, 0.25) is 0 Å². The number of guanidine groups is 1. The Morgan fingerprint density at radius 1 is 1.38 bits per heavy atom.